The van der Waals surface area contributed by atoms with Gasteiger partial charge in [0.1, 0.15) is 5.75 Å². The number of hydrogen-bond acceptors (Lipinski definition) is 6. The van der Waals surface area contributed by atoms with E-state index in [0.717, 1.165) is 11.8 Å². The average Bonchev–Trinajstić information content (AvgIpc) is 2.84. The van der Waals surface area contributed by atoms with Crippen LogP contribution in [0.3, 0.4) is 0 Å². The predicted octanol–water partition coefficient (Wildman–Crippen LogP) is 2.38. The molecular formula is C16H12N4O4. The SMILES string of the molecule is Cc1ccc2c(c1)/C(=N\N=C\c1cc([N+](=O)[O-])ccc1O)C(=O)N2. The van der Waals surface area contributed by atoms with E-state index in [-0.39, 0.29) is 28.6 Å². The van der Waals surface area contributed by atoms with E-state index in [2.05, 4.69) is 15.5 Å². The summed E-state index contributed by atoms with van der Waals surface area (Å²) in [6.45, 7) is 1.89. The Morgan fingerprint density at radius 3 is 2.79 bits per heavy atom. The minimum atomic E-state index is -0.577. The molecule has 0 radical (unpaired) electrons. The Kier molecular flexibility index (Phi) is 3.78. The van der Waals surface area contributed by atoms with Crippen molar-refractivity contribution < 1.29 is 14.8 Å². The highest BCUT2D eigenvalue weighted by atomic mass is 16.6. The molecule has 1 aliphatic rings. The number of nitrogens with one attached hydrogen (secondary N) is 1. The maximum atomic E-state index is 11.9. The van der Waals surface area contributed by atoms with Crippen molar-refractivity contribution in [3.05, 3.63) is 63.2 Å². The lowest BCUT2D eigenvalue weighted by molar-refractivity contribution is -0.384. The molecule has 0 aliphatic carbocycles. The van der Waals surface area contributed by atoms with Crippen molar-refractivity contribution in [2.24, 2.45) is 10.2 Å². The van der Waals surface area contributed by atoms with E-state index < -0.39 is 4.92 Å². The Morgan fingerprint density at radius 1 is 1.25 bits per heavy atom. The maximum Gasteiger partial charge on any atom is 0.276 e. The first-order valence-electron chi connectivity index (χ1n) is 6.96. The quantitative estimate of drug-likeness (QED) is 0.512. The molecule has 0 bridgehead atoms. The van der Waals surface area contributed by atoms with Gasteiger partial charge < -0.3 is 10.4 Å². The highest BCUT2D eigenvalue weighted by Gasteiger charge is 2.25. The van der Waals surface area contributed by atoms with Crippen LogP contribution in [-0.4, -0.2) is 27.9 Å². The van der Waals surface area contributed by atoms with Crippen LogP contribution in [0.15, 0.2) is 46.6 Å². The summed E-state index contributed by atoms with van der Waals surface area (Å²) in [6, 6.07) is 9.02. The summed E-state index contributed by atoms with van der Waals surface area (Å²) in [4.78, 5) is 22.1. The van der Waals surface area contributed by atoms with Gasteiger partial charge in [-0.15, -0.1) is 5.10 Å². The number of nitro benzene ring substituents is 1. The number of anilines is 1. The van der Waals surface area contributed by atoms with Crippen LogP contribution in [0.1, 0.15) is 16.7 Å². The number of amides is 1. The zero-order valence-corrected chi connectivity index (χ0v) is 12.6. The molecule has 0 aromatic heterocycles. The second-order valence-corrected chi connectivity index (χ2v) is 5.20. The van der Waals surface area contributed by atoms with Crippen molar-refractivity contribution in [2.75, 3.05) is 5.32 Å². The summed E-state index contributed by atoms with van der Waals surface area (Å²) in [7, 11) is 0. The molecule has 2 aromatic rings. The lowest BCUT2D eigenvalue weighted by atomic mass is 10.1. The third-order valence-electron chi connectivity index (χ3n) is 3.47. The zero-order chi connectivity index (χ0) is 17.3. The standard InChI is InChI=1S/C16H12N4O4/c1-9-2-4-13-12(6-9)15(16(22)18-13)19-17-8-10-7-11(20(23)24)3-5-14(10)21/h2-8,21H,1H3,(H,18,19,22)/b17-8+. The molecule has 3 rings (SSSR count). The number of aromatic hydroxyl groups is 1. The number of carbonyl (C=O) groups excluding carboxylic acids is 1. The highest BCUT2D eigenvalue weighted by Crippen LogP contribution is 2.25. The summed E-state index contributed by atoms with van der Waals surface area (Å²) >= 11 is 0. The number of benzene rings is 2. The van der Waals surface area contributed by atoms with Crippen LogP contribution in [0, 0.1) is 17.0 Å². The number of hydrogen-bond donors (Lipinski definition) is 2. The number of carbonyl (C=O) groups is 1. The molecule has 2 N–H and O–H groups in total. The summed E-state index contributed by atoms with van der Waals surface area (Å²) in [6.07, 6.45) is 1.16. The zero-order valence-electron chi connectivity index (χ0n) is 12.6. The van der Waals surface area contributed by atoms with Gasteiger partial charge in [0, 0.05) is 23.3 Å². The van der Waals surface area contributed by atoms with E-state index in [1.54, 1.807) is 6.07 Å². The van der Waals surface area contributed by atoms with Gasteiger partial charge in [0.2, 0.25) is 0 Å². The van der Waals surface area contributed by atoms with Crippen LogP contribution in [0.25, 0.3) is 0 Å². The number of rotatable bonds is 3. The molecular weight excluding hydrogens is 312 g/mol. The van der Waals surface area contributed by atoms with Gasteiger partial charge in [-0.05, 0) is 25.1 Å². The number of non-ortho nitro benzene ring substituents is 1. The van der Waals surface area contributed by atoms with Gasteiger partial charge in [0.15, 0.2) is 5.71 Å². The van der Waals surface area contributed by atoms with E-state index in [1.807, 2.05) is 19.1 Å². The van der Waals surface area contributed by atoms with Crippen molar-refractivity contribution in [1.29, 1.82) is 0 Å². The fourth-order valence-corrected chi connectivity index (χ4v) is 2.27. The molecule has 24 heavy (non-hydrogen) atoms. The lowest BCUT2D eigenvalue weighted by Gasteiger charge is -1.98. The normalized spacial score (nSPS) is 14.9. The lowest BCUT2D eigenvalue weighted by Crippen LogP contribution is -2.13. The van der Waals surface area contributed by atoms with Gasteiger partial charge in [0.25, 0.3) is 11.6 Å². The van der Waals surface area contributed by atoms with E-state index in [9.17, 15) is 20.0 Å². The second-order valence-electron chi connectivity index (χ2n) is 5.20. The Morgan fingerprint density at radius 2 is 2.04 bits per heavy atom. The first kappa shape index (κ1) is 15.3. The largest absolute Gasteiger partial charge is 0.507 e. The first-order chi connectivity index (χ1) is 11.5. The molecule has 0 fully saturated rings. The number of aryl methyl sites for hydroxylation is 1. The minimum Gasteiger partial charge on any atom is -0.507 e. The smallest absolute Gasteiger partial charge is 0.276 e. The van der Waals surface area contributed by atoms with Gasteiger partial charge in [-0.1, -0.05) is 11.6 Å². The Bertz CT molecular complexity index is 918. The molecule has 0 saturated carbocycles. The van der Waals surface area contributed by atoms with Gasteiger partial charge in [0.05, 0.1) is 16.8 Å². The van der Waals surface area contributed by atoms with Crippen molar-refractivity contribution in [2.45, 2.75) is 6.92 Å². The Labute approximate surface area is 136 Å². The minimum absolute atomic E-state index is 0.136. The number of phenols is 1. The van der Waals surface area contributed by atoms with Crippen LogP contribution in [-0.2, 0) is 4.79 Å². The molecule has 0 unspecified atom stereocenters. The van der Waals surface area contributed by atoms with Crippen LogP contribution in [0.4, 0.5) is 11.4 Å². The van der Waals surface area contributed by atoms with Gasteiger partial charge in [-0.3, -0.25) is 14.9 Å². The van der Waals surface area contributed by atoms with Crippen LogP contribution < -0.4 is 5.32 Å². The maximum absolute atomic E-state index is 11.9. The fraction of sp³-hybridized carbons (Fsp3) is 0.0625. The summed E-state index contributed by atoms with van der Waals surface area (Å²) < 4.78 is 0. The van der Waals surface area contributed by atoms with Crippen LogP contribution in [0.2, 0.25) is 0 Å². The number of nitrogens with zero attached hydrogens (tertiary/aromatic N) is 3. The third kappa shape index (κ3) is 2.84. The van der Waals surface area contributed by atoms with Crippen molar-refractivity contribution in [3.8, 4) is 5.75 Å². The topological polar surface area (TPSA) is 117 Å². The number of fused-ring (bicyclic) bond motifs is 1. The fourth-order valence-electron chi connectivity index (χ4n) is 2.27. The molecule has 120 valence electrons. The van der Waals surface area contributed by atoms with Crippen LogP contribution in [0.5, 0.6) is 5.75 Å². The Hall–Kier alpha value is -3.55. The van der Waals surface area contributed by atoms with E-state index in [4.69, 9.17) is 0 Å². The predicted molar refractivity (Wildman–Crippen MR) is 88.7 cm³/mol. The van der Waals surface area contributed by atoms with Gasteiger partial charge >= 0.3 is 0 Å². The van der Waals surface area contributed by atoms with E-state index in [1.165, 1.54) is 18.2 Å². The molecule has 1 amide bonds. The van der Waals surface area contributed by atoms with E-state index >= 15 is 0 Å². The van der Waals surface area contributed by atoms with Gasteiger partial charge in [-0.25, -0.2) is 0 Å². The van der Waals surface area contributed by atoms with Crippen molar-refractivity contribution in [1.82, 2.24) is 0 Å². The highest BCUT2D eigenvalue weighted by molar-refractivity contribution is 6.53. The molecule has 8 heteroatoms. The van der Waals surface area contributed by atoms with Crippen LogP contribution >= 0.6 is 0 Å². The monoisotopic (exact) mass is 324 g/mol. The molecule has 8 nitrogen and oxygen atoms in total. The molecule has 1 heterocycles. The van der Waals surface area contributed by atoms with Crippen molar-refractivity contribution in [3.63, 3.8) is 0 Å². The third-order valence-corrected chi connectivity index (χ3v) is 3.47. The van der Waals surface area contributed by atoms with Crippen molar-refractivity contribution >= 4 is 29.2 Å². The van der Waals surface area contributed by atoms with Gasteiger partial charge in [-0.2, -0.15) is 5.10 Å². The number of phenolic OH excluding ortho intramolecular Hbond substituents is 1. The Balaban J connectivity index is 1.93. The summed E-state index contributed by atoms with van der Waals surface area (Å²) in [5.41, 5.74) is 2.36. The molecule has 0 saturated heterocycles. The second kappa shape index (κ2) is 5.92. The molecule has 0 atom stereocenters. The molecule has 0 spiro atoms. The summed E-state index contributed by atoms with van der Waals surface area (Å²) in [5, 5.41) is 30.8. The van der Waals surface area contributed by atoms with E-state index in [0.29, 0.717) is 11.3 Å². The first-order valence-corrected chi connectivity index (χ1v) is 6.96. The molecule has 1 aliphatic heterocycles. The summed E-state index contributed by atoms with van der Waals surface area (Å²) in [5.74, 6) is -0.548. The molecule has 2 aromatic carbocycles. The average molecular weight is 324 g/mol. The number of nitro groups is 1.